The number of aromatic nitrogens is 3. The van der Waals surface area contributed by atoms with Gasteiger partial charge in [0.25, 0.3) is 0 Å². The molecular weight excluding hydrogens is 270 g/mol. The minimum Gasteiger partial charge on any atom is -0.467 e. The Labute approximate surface area is 121 Å². The normalized spacial score (nSPS) is 12.3. The van der Waals surface area contributed by atoms with Crippen LogP contribution < -0.4 is 15.8 Å². The molecule has 3 N–H and O–H groups in total. The van der Waals surface area contributed by atoms with Crippen LogP contribution in [0.1, 0.15) is 18.7 Å². The molecule has 2 heterocycles. The average molecular weight is 285 g/mol. The van der Waals surface area contributed by atoms with E-state index in [1.165, 1.54) is 7.11 Å². The smallest absolute Gasteiger partial charge is 0.322 e. The summed E-state index contributed by atoms with van der Waals surface area (Å²) < 4.78 is 10.8. The summed E-state index contributed by atoms with van der Waals surface area (Å²) in [6.45, 7) is 1.95. The van der Waals surface area contributed by atoms with Crippen molar-refractivity contribution in [3.63, 3.8) is 0 Å². The van der Waals surface area contributed by atoms with Crippen LogP contribution in [0.15, 0.2) is 34.7 Å². The predicted octanol–water partition coefficient (Wildman–Crippen LogP) is 2.38. The number of nitrogens with two attached hydrogens (primary N) is 1. The van der Waals surface area contributed by atoms with Gasteiger partial charge < -0.3 is 20.2 Å². The van der Waals surface area contributed by atoms with Gasteiger partial charge in [-0.05, 0) is 19.1 Å². The van der Waals surface area contributed by atoms with Crippen LogP contribution >= 0.6 is 0 Å². The molecule has 0 spiro atoms. The molecule has 1 aromatic carbocycles. The molecule has 0 aliphatic heterocycles. The van der Waals surface area contributed by atoms with E-state index in [2.05, 4.69) is 20.3 Å². The quantitative estimate of drug-likeness (QED) is 0.759. The topological polar surface area (TPSA) is 99.1 Å². The first kappa shape index (κ1) is 13.2. The number of furan rings is 1. The van der Waals surface area contributed by atoms with Gasteiger partial charge in [-0.2, -0.15) is 15.0 Å². The number of ether oxygens (including phenoxy) is 1. The van der Waals surface area contributed by atoms with Crippen LogP contribution in [0.4, 0.5) is 11.9 Å². The minimum atomic E-state index is -0.121. The minimum absolute atomic E-state index is 0.0983. The van der Waals surface area contributed by atoms with Gasteiger partial charge in [-0.15, -0.1) is 0 Å². The van der Waals surface area contributed by atoms with Gasteiger partial charge in [0.15, 0.2) is 0 Å². The number of nitrogens with one attached hydrogen (secondary N) is 1. The van der Waals surface area contributed by atoms with E-state index in [9.17, 15) is 0 Å². The fourth-order valence-corrected chi connectivity index (χ4v) is 2.01. The van der Waals surface area contributed by atoms with Crippen LogP contribution in [0.2, 0.25) is 0 Å². The van der Waals surface area contributed by atoms with Gasteiger partial charge in [-0.25, -0.2) is 0 Å². The molecule has 0 bridgehead atoms. The van der Waals surface area contributed by atoms with Gasteiger partial charge in [0.05, 0.1) is 13.2 Å². The Morgan fingerprint density at radius 2 is 2.05 bits per heavy atom. The van der Waals surface area contributed by atoms with Crippen LogP contribution in [-0.2, 0) is 0 Å². The summed E-state index contributed by atoms with van der Waals surface area (Å²) in [5.41, 5.74) is 6.45. The van der Waals surface area contributed by atoms with E-state index in [0.717, 1.165) is 16.7 Å². The summed E-state index contributed by atoms with van der Waals surface area (Å²) >= 11 is 0. The van der Waals surface area contributed by atoms with E-state index in [1.807, 2.05) is 37.3 Å². The highest BCUT2D eigenvalue weighted by Gasteiger charge is 2.14. The molecule has 1 atom stereocenters. The number of rotatable bonds is 4. The van der Waals surface area contributed by atoms with Crippen LogP contribution in [0.5, 0.6) is 6.01 Å². The Hall–Kier alpha value is -2.83. The average Bonchev–Trinajstić information content (AvgIpc) is 2.90. The van der Waals surface area contributed by atoms with Gasteiger partial charge in [-0.1, -0.05) is 18.2 Å². The molecule has 0 saturated heterocycles. The van der Waals surface area contributed by atoms with E-state index in [1.54, 1.807) is 0 Å². The van der Waals surface area contributed by atoms with Crippen molar-refractivity contribution in [2.24, 2.45) is 0 Å². The molecule has 7 nitrogen and oxygen atoms in total. The number of nitrogens with zero attached hydrogens (tertiary/aromatic N) is 3. The first-order valence-electron chi connectivity index (χ1n) is 6.46. The van der Waals surface area contributed by atoms with E-state index in [0.29, 0.717) is 5.95 Å². The predicted molar refractivity (Wildman–Crippen MR) is 79.0 cm³/mol. The summed E-state index contributed by atoms with van der Waals surface area (Å²) in [7, 11) is 1.47. The fraction of sp³-hybridized carbons (Fsp3) is 0.214. The highest BCUT2D eigenvalue weighted by atomic mass is 16.5. The Morgan fingerprint density at radius 1 is 1.24 bits per heavy atom. The maximum absolute atomic E-state index is 5.79. The van der Waals surface area contributed by atoms with E-state index < -0.39 is 0 Å². The van der Waals surface area contributed by atoms with Gasteiger partial charge in [0.1, 0.15) is 11.3 Å². The standard InChI is InChI=1S/C14H15N5O2/c1-8(11-7-9-5-3-4-6-10(9)21-11)16-13-17-12(15)18-14(19-13)20-2/h3-8H,1-2H3,(H3,15,16,17,18,19). The maximum atomic E-state index is 5.79. The molecule has 0 radical (unpaired) electrons. The SMILES string of the molecule is COc1nc(N)nc(NC(C)c2cc3ccccc3o2)n1. The van der Waals surface area contributed by atoms with Crippen molar-refractivity contribution in [2.45, 2.75) is 13.0 Å². The monoisotopic (exact) mass is 285 g/mol. The molecule has 0 fully saturated rings. The molecule has 3 rings (SSSR count). The number of anilines is 2. The van der Waals surface area contributed by atoms with Crippen LogP contribution in [0.25, 0.3) is 11.0 Å². The summed E-state index contributed by atoms with van der Waals surface area (Å²) in [6.07, 6.45) is 0. The molecule has 21 heavy (non-hydrogen) atoms. The second-order valence-electron chi connectivity index (χ2n) is 4.56. The fourth-order valence-electron chi connectivity index (χ4n) is 2.01. The Kier molecular flexibility index (Phi) is 3.31. The van der Waals surface area contributed by atoms with Crippen molar-refractivity contribution in [1.29, 1.82) is 0 Å². The lowest BCUT2D eigenvalue weighted by Gasteiger charge is -2.11. The zero-order chi connectivity index (χ0) is 14.8. The zero-order valence-electron chi connectivity index (χ0n) is 11.7. The molecule has 0 aliphatic carbocycles. The highest BCUT2D eigenvalue weighted by molar-refractivity contribution is 5.77. The van der Waals surface area contributed by atoms with Crippen LogP contribution in [-0.4, -0.2) is 22.1 Å². The van der Waals surface area contributed by atoms with Gasteiger partial charge >= 0.3 is 6.01 Å². The largest absolute Gasteiger partial charge is 0.467 e. The van der Waals surface area contributed by atoms with Crippen molar-refractivity contribution in [3.05, 3.63) is 36.1 Å². The van der Waals surface area contributed by atoms with Crippen molar-refractivity contribution in [1.82, 2.24) is 15.0 Å². The van der Waals surface area contributed by atoms with E-state index >= 15 is 0 Å². The number of para-hydroxylation sites is 1. The molecular formula is C14H15N5O2. The van der Waals surface area contributed by atoms with Crippen molar-refractivity contribution < 1.29 is 9.15 Å². The lowest BCUT2D eigenvalue weighted by molar-refractivity contribution is 0.379. The summed E-state index contributed by atoms with van der Waals surface area (Å²) in [5.74, 6) is 1.22. The van der Waals surface area contributed by atoms with Crippen molar-refractivity contribution in [2.75, 3.05) is 18.2 Å². The van der Waals surface area contributed by atoms with Gasteiger partial charge in [0, 0.05) is 5.39 Å². The second kappa shape index (κ2) is 5.28. The number of nitrogen functional groups attached to an aromatic ring is 1. The molecule has 7 heteroatoms. The third kappa shape index (κ3) is 2.71. The molecule has 108 valence electrons. The maximum Gasteiger partial charge on any atom is 0.322 e. The number of hydrogen-bond acceptors (Lipinski definition) is 7. The van der Waals surface area contributed by atoms with Crippen molar-refractivity contribution >= 4 is 22.9 Å². The van der Waals surface area contributed by atoms with Crippen molar-refractivity contribution in [3.8, 4) is 6.01 Å². The zero-order valence-corrected chi connectivity index (χ0v) is 11.7. The summed E-state index contributed by atoms with van der Waals surface area (Å²) in [6, 6.07) is 9.86. The summed E-state index contributed by atoms with van der Waals surface area (Å²) in [4.78, 5) is 12.0. The lowest BCUT2D eigenvalue weighted by Crippen LogP contribution is -2.11. The molecule has 1 unspecified atom stereocenters. The van der Waals surface area contributed by atoms with Gasteiger partial charge in [0.2, 0.25) is 11.9 Å². The molecule has 0 saturated carbocycles. The third-order valence-corrected chi connectivity index (χ3v) is 3.03. The number of hydrogen-bond donors (Lipinski definition) is 2. The first-order chi connectivity index (χ1) is 10.2. The van der Waals surface area contributed by atoms with Gasteiger partial charge in [-0.3, -0.25) is 0 Å². The number of fused-ring (bicyclic) bond motifs is 1. The van der Waals surface area contributed by atoms with E-state index in [-0.39, 0.29) is 18.0 Å². The lowest BCUT2D eigenvalue weighted by atomic mass is 10.2. The number of methoxy groups -OCH3 is 1. The summed E-state index contributed by atoms with van der Waals surface area (Å²) in [5, 5.41) is 4.17. The Morgan fingerprint density at radius 3 is 2.81 bits per heavy atom. The molecule has 3 aromatic rings. The third-order valence-electron chi connectivity index (χ3n) is 3.03. The van der Waals surface area contributed by atoms with Crippen LogP contribution in [0.3, 0.4) is 0 Å². The second-order valence-corrected chi connectivity index (χ2v) is 4.56. The molecule has 2 aromatic heterocycles. The first-order valence-corrected chi connectivity index (χ1v) is 6.46. The van der Waals surface area contributed by atoms with E-state index in [4.69, 9.17) is 14.9 Å². The molecule has 0 aliphatic rings. The Bertz CT molecular complexity index is 738. The molecule has 0 amide bonds. The number of benzene rings is 1. The highest BCUT2D eigenvalue weighted by Crippen LogP contribution is 2.25. The van der Waals surface area contributed by atoms with Crippen LogP contribution in [0, 0.1) is 0 Å². The Balaban J connectivity index is 1.85.